The summed E-state index contributed by atoms with van der Waals surface area (Å²) in [5.41, 5.74) is 2.79. The molecular formula is C17H23NO4S2. The van der Waals surface area contributed by atoms with E-state index in [1.807, 2.05) is 6.07 Å². The highest BCUT2D eigenvalue weighted by Crippen LogP contribution is 2.26. The smallest absolute Gasteiger partial charge is 0.230 e. The van der Waals surface area contributed by atoms with Crippen LogP contribution in [0.4, 0.5) is 0 Å². The molecule has 7 heteroatoms. The molecule has 0 saturated carbocycles. The summed E-state index contributed by atoms with van der Waals surface area (Å²) in [6.45, 7) is 0.895. The van der Waals surface area contributed by atoms with Gasteiger partial charge < -0.3 is 10.1 Å². The van der Waals surface area contributed by atoms with Gasteiger partial charge in [-0.3, -0.25) is 4.79 Å². The van der Waals surface area contributed by atoms with Gasteiger partial charge in [0.05, 0.1) is 23.8 Å². The average Bonchev–Trinajstić information content (AvgIpc) is 3.15. The minimum Gasteiger partial charge on any atom is -0.492 e. The number of carbonyl (C=O) groups excluding carboxylic acids is 1. The van der Waals surface area contributed by atoms with Crippen LogP contribution in [0.2, 0.25) is 0 Å². The van der Waals surface area contributed by atoms with E-state index in [9.17, 15) is 13.2 Å². The number of carbonyl (C=O) groups is 1. The molecule has 0 radical (unpaired) electrons. The average molecular weight is 370 g/mol. The Hall–Kier alpha value is -1.21. The van der Waals surface area contributed by atoms with Crippen LogP contribution >= 0.6 is 11.8 Å². The molecule has 1 fully saturated rings. The molecule has 1 aromatic carbocycles. The second kappa shape index (κ2) is 7.78. The molecule has 0 spiro atoms. The molecule has 2 aliphatic rings. The van der Waals surface area contributed by atoms with Crippen LogP contribution in [0.3, 0.4) is 0 Å². The van der Waals surface area contributed by atoms with Gasteiger partial charge in [-0.05, 0) is 48.9 Å². The first-order chi connectivity index (χ1) is 11.5. The Morgan fingerprint density at radius 2 is 2.12 bits per heavy atom. The van der Waals surface area contributed by atoms with Gasteiger partial charge in [-0.15, -0.1) is 11.8 Å². The van der Waals surface area contributed by atoms with Gasteiger partial charge in [0.2, 0.25) is 5.91 Å². The van der Waals surface area contributed by atoms with Crippen LogP contribution in [-0.2, 0) is 27.5 Å². The van der Waals surface area contributed by atoms with Crippen LogP contribution < -0.4 is 10.1 Å². The lowest BCUT2D eigenvalue weighted by Gasteiger charge is -2.10. The minimum absolute atomic E-state index is 0.0587. The normalized spacial score (nSPS) is 21.4. The molecule has 1 unspecified atom stereocenters. The van der Waals surface area contributed by atoms with Crippen LogP contribution in [0, 0.1) is 0 Å². The van der Waals surface area contributed by atoms with Crippen molar-refractivity contribution < 1.29 is 17.9 Å². The summed E-state index contributed by atoms with van der Waals surface area (Å²) in [4.78, 5) is 11.8. The number of nitrogens with one attached hydrogen (secondary N) is 1. The molecule has 1 heterocycles. The zero-order chi connectivity index (χ0) is 17.0. The van der Waals surface area contributed by atoms with Crippen LogP contribution in [0.1, 0.15) is 24.0 Å². The Morgan fingerprint density at radius 3 is 2.92 bits per heavy atom. The molecule has 24 heavy (non-hydrogen) atoms. The number of amides is 1. The van der Waals surface area contributed by atoms with Crippen LogP contribution in [0.25, 0.3) is 0 Å². The van der Waals surface area contributed by atoms with Gasteiger partial charge in [0.25, 0.3) is 0 Å². The van der Waals surface area contributed by atoms with Gasteiger partial charge in [0.15, 0.2) is 9.84 Å². The third-order valence-corrected chi connectivity index (χ3v) is 7.69. The van der Waals surface area contributed by atoms with Gasteiger partial charge in [-0.25, -0.2) is 8.42 Å². The zero-order valence-corrected chi connectivity index (χ0v) is 15.3. The van der Waals surface area contributed by atoms with E-state index in [4.69, 9.17) is 4.74 Å². The van der Waals surface area contributed by atoms with Gasteiger partial charge in [-0.2, -0.15) is 0 Å². The number of hydrogen-bond acceptors (Lipinski definition) is 5. The Bertz CT molecular complexity index is 703. The predicted molar refractivity (Wildman–Crippen MR) is 96.5 cm³/mol. The van der Waals surface area contributed by atoms with Crippen LogP contribution in [0.5, 0.6) is 5.75 Å². The third kappa shape index (κ3) is 4.89. The zero-order valence-electron chi connectivity index (χ0n) is 13.6. The summed E-state index contributed by atoms with van der Waals surface area (Å²) in [5, 5.41) is 2.87. The summed E-state index contributed by atoms with van der Waals surface area (Å²) in [6.07, 6.45) is 4.15. The predicted octanol–water partition coefficient (Wildman–Crippen LogP) is 1.59. The third-order valence-electron chi connectivity index (χ3n) is 4.40. The summed E-state index contributed by atoms with van der Waals surface area (Å²) in [7, 11) is -2.87. The topological polar surface area (TPSA) is 72.5 Å². The van der Waals surface area contributed by atoms with Crippen molar-refractivity contribution in [1.29, 1.82) is 0 Å². The van der Waals surface area contributed by atoms with Gasteiger partial charge in [-0.1, -0.05) is 6.07 Å². The quantitative estimate of drug-likeness (QED) is 0.739. The fourth-order valence-electron chi connectivity index (χ4n) is 3.13. The summed E-state index contributed by atoms with van der Waals surface area (Å²) in [6, 6.07) is 6.21. The molecule has 132 valence electrons. The second-order valence-electron chi connectivity index (χ2n) is 6.32. The Morgan fingerprint density at radius 1 is 1.29 bits per heavy atom. The lowest BCUT2D eigenvalue weighted by molar-refractivity contribution is -0.118. The van der Waals surface area contributed by atoms with Crippen molar-refractivity contribution in [2.24, 2.45) is 0 Å². The van der Waals surface area contributed by atoms with E-state index in [0.717, 1.165) is 18.6 Å². The molecular weight excluding hydrogens is 346 g/mol. The molecule has 1 aliphatic heterocycles. The molecule has 5 nitrogen and oxygen atoms in total. The van der Waals surface area contributed by atoms with Crippen molar-refractivity contribution in [3.05, 3.63) is 29.3 Å². The molecule has 1 aromatic rings. The fourth-order valence-corrected chi connectivity index (χ4v) is 6.61. The molecule has 1 saturated heterocycles. The van der Waals surface area contributed by atoms with E-state index < -0.39 is 9.84 Å². The highest BCUT2D eigenvalue weighted by molar-refractivity contribution is 8.02. The Labute approximate surface area is 147 Å². The van der Waals surface area contributed by atoms with Crippen molar-refractivity contribution in [2.45, 2.75) is 30.9 Å². The number of hydrogen-bond donors (Lipinski definition) is 1. The van der Waals surface area contributed by atoms with E-state index in [1.165, 1.54) is 29.3 Å². The maximum Gasteiger partial charge on any atom is 0.230 e. The molecule has 1 atom stereocenters. The SMILES string of the molecule is O=C(CSC1CCS(=O)(=O)C1)NCCOc1ccc2c(c1)CCC2. The van der Waals surface area contributed by atoms with Crippen molar-refractivity contribution in [3.63, 3.8) is 0 Å². The second-order valence-corrected chi connectivity index (χ2v) is 9.84. The number of benzene rings is 1. The number of thioether (sulfide) groups is 1. The van der Waals surface area contributed by atoms with Gasteiger partial charge in [0.1, 0.15) is 12.4 Å². The van der Waals surface area contributed by atoms with Crippen molar-refractivity contribution in [2.75, 3.05) is 30.4 Å². The lowest BCUT2D eigenvalue weighted by Crippen LogP contribution is -2.30. The first kappa shape index (κ1) is 17.6. The van der Waals surface area contributed by atoms with Crippen molar-refractivity contribution >= 4 is 27.5 Å². The Kier molecular flexibility index (Phi) is 5.71. The molecule has 3 rings (SSSR count). The summed E-state index contributed by atoms with van der Waals surface area (Å²) in [5.74, 6) is 1.55. The van der Waals surface area contributed by atoms with Crippen LogP contribution in [-0.4, -0.2) is 50.0 Å². The van der Waals surface area contributed by atoms with E-state index in [0.29, 0.717) is 25.3 Å². The number of rotatable bonds is 7. The lowest BCUT2D eigenvalue weighted by atomic mass is 10.1. The first-order valence-corrected chi connectivity index (χ1v) is 11.2. The van der Waals surface area contributed by atoms with E-state index >= 15 is 0 Å². The van der Waals surface area contributed by atoms with Crippen molar-refractivity contribution in [3.8, 4) is 5.75 Å². The molecule has 1 aliphatic carbocycles. The molecule has 1 N–H and O–H groups in total. The fraction of sp³-hybridized carbons (Fsp3) is 0.588. The number of fused-ring (bicyclic) bond motifs is 1. The van der Waals surface area contributed by atoms with Gasteiger partial charge >= 0.3 is 0 Å². The van der Waals surface area contributed by atoms with Gasteiger partial charge in [0, 0.05) is 5.25 Å². The highest BCUT2D eigenvalue weighted by Gasteiger charge is 2.28. The maximum absolute atomic E-state index is 11.8. The van der Waals surface area contributed by atoms with Crippen molar-refractivity contribution in [1.82, 2.24) is 5.32 Å². The van der Waals surface area contributed by atoms with Crippen LogP contribution in [0.15, 0.2) is 18.2 Å². The molecule has 1 amide bonds. The number of sulfone groups is 1. The highest BCUT2D eigenvalue weighted by atomic mass is 32.2. The number of aryl methyl sites for hydroxylation is 2. The monoisotopic (exact) mass is 369 g/mol. The number of ether oxygens (including phenoxy) is 1. The van der Waals surface area contributed by atoms with E-state index in [2.05, 4.69) is 17.4 Å². The van der Waals surface area contributed by atoms with E-state index in [1.54, 1.807) is 0 Å². The maximum atomic E-state index is 11.8. The molecule has 0 bridgehead atoms. The standard InChI is InChI=1S/C17H23NO4S2/c19-17(11-23-16-6-9-24(20,21)12-16)18-7-8-22-15-5-4-13-2-1-3-14(13)10-15/h4-5,10,16H,1-3,6-9,11-12H2,(H,18,19). The Balaban J connectivity index is 1.31. The molecule has 0 aromatic heterocycles. The largest absolute Gasteiger partial charge is 0.492 e. The van der Waals surface area contributed by atoms with E-state index in [-0.39, 0.29) is 22.7 Å². The minimum atomic E-state index is -2.87. The summed E-state index contributed by atoms with van der Waals surface area (Å²) >= 11 is 1.43. The first-order valence-electron chi connectivity index (χ1n) is 8.35. The summed E-state index contributed by atoms with van der Waals surface area (Å²) < 4.78 is 28.4.